The molecule has 1 aliphatic heterocycles. The van der Waals surface area contributed by atoms with Crippen LogP contribution in [0.2, 0.25) is 0 Å². The molecule has 1 rings (SSSR count). The number of carboxylic acids is 1. The zero-order valence-corrected chi connectivity index (χ0v) is 8.32. The minimum atomic E-state index is -0.809. The molecule has 14 heavy (non-hydrogen) atoms. The van der Waals surface area contributed by atoms with Crippen molar-refractivity contribution in [2.75, 3.05) is 13.1 Å². The summed E-state index contributed by atoms with van der Waals surface area (Å²) >= 11 is 0. The van der Waals surface area contributed by atoms with Crippen LogP contribution >= 0.6 is 0 Å². The van der Waals surface area contributed by atoms with E-state index in [1.165, 1.54) is 0 Å². The van der Waals surface area contributed by atoms with E-state index in [1.54, 1.807) is 4.90 Å². The van der Waals surface area contributed by atoms with Gasteiger partial charge in [0.2, 0.25) is 0 Å². The second kappa shape index (κ2) is 4.83. The summed E-state index contributed by atoms with van der Waals surface area (Å²) in [5.74, 6) is -0.809. The molecule has 1 heterocycles. The van der Waals surface area contributed by atoms with Crippen molar-refractivity contribution in [3.63, 3.8) is 0 Å². The Hall–Kier alpha value is -1.26. The third kappa shape index (κ3) is 2.90. The van der Waals surface area contributed by atoms with Crippen molar-refractivity contribution in [1.29, 1.82) is 0 Å². The number of carbonyl (C=O) groups is 2. The largest absolute Gasteiger partial charge is 0.481 e. The van der Waals surface area contributed by atoms with Gasteiger partial charge in [-0.2, -0.15) is 0 Å². The summed E-state index contributed by atoms with van der Waals surface area (Å²) in [4.78, 5) is 23.2. The van der Waals surface area contributed by atoms with Crippen LogP contribution < -0.4 is 5.32 Å². The van der Waals surface area contributed by atoms with Gasteiger partial charge in [0.1, 0.15) is 0 Å². The highest BCUT2D eigenvalue weighted by Gasteiger charge is 2.26. The summed E-state index contributed by atoms with van der Waals surface area (Å²) in [5, 5.41) is 11.3. The second-order valence-corrected chi connectivity index (χ2v) is 3.50. The van der Waals surface area contributed by atoms with Crippen LogP contribution in [0.1, 0.15) is 26.2 Å². The van der Waals surface area contributed by atoms with E-state index in [-0.39, 0.29) is 18.5 Å². The minimum absolute atomic E-state index is 0.0674. The zero-order chi connectivity index (χ0) is 10.6. The number of nitrogens with zero attached hydrogens (tertiary/aromatic N) is 1. The minimum Gasteiger partial charge on any atom is -0.481 e. The molecule has 5 nitrogen and oxygen atoms in total. The predicted octanol–water partition coefficient (Wildman–Crippen LogP) is 0.655. The van der Waals surface area contributed by atoms with Crippen LogP contribution in [-0.2, 0) is 4.79 Å². The fourth-order valence-electron chi connectivity index (χ4n) is 1.51. The van der Waals surface area contributed by atoms with Crippen LogP contribution in [0.4, 0.5) is 4.79 Å². The lowest BCUT2D eigenvalue weighted by atomic mass is 10.2. The van der Waals surface area contributed by atoms with Crippen molar-refractivity contribution in [1.82, 2.24) is 10.2 Å². The van der Waals surface area contributed by atoms with Crippen molar-refractivity contribution in [3.8, 4) is 0 Å². The Morgan fingerprint density at radius 2 is 2.43 bits per heavy atom. The average Bonchev–Trinajstić information content (AvgIpc) is 2.47. The van der Waals surface area contributed by atoms with Crippen LogP contribution in [0.25, 0.3) is 0 Å². The molecule has 1 aliphatic rings. The molecule has 1 atom stereocenters. The van der Waals surface area contributed by atoms with Crippen LogP contribution in [0.3, 0.4) is 0 Å². The number of nitrogens with one attached hydrogen (secondary N) is 1. The molecule has 80 valence electrons. The summed E-state index contributed by atoms with van der Waals surface area (Å²) in [5.41, 5.74) is 0. The third-order valence-electron chi connectivity index (χ3n) is 2.37. The van der Waals surface area contributed by atoms with Crippen LogP contribution in [0, 0.1) is 0 Å². The van der Waals surface area contributed by atoms with Gasteiger partial charge in [0.05, 0.1) is 0 Å². The molecule has 2 amide bonds. The Labute approximate surface area is 83.1 Å². The maximum Gasteiger partial charge on any atom is 0.317 e. The molecular weight excluding hydrogens is 184 g/mol. The number of urea groups is 1. The van der Waals surface area contributed by atoms with Crippen molar-refractivity contribution in [3.05, 3.63) is 0 Å². The highest BCUT2D eigenvalue weighted by molar-refractivity contribution is 5.76. The summed E-state index contributed by atoms with van der Waals surface area (Å²) < 4.78 is 0. The lowest BCUT2D eigenvalue weighted by molar-refractivity contribution is -0.137. The van der Waals surface area contributed by atoms with Gasteiger partial charge in [-0.1, -0.05) is 6.92 Å². The zero-order valence-electron chi connectivity index (χ0n) is 8.32. The Morgan fingerprint density at radius 1 is 1.71 bits per heavy atom. The van der Waals surface area contributed by atoms with Crippen molar-refractivity contribution < 1.29 is 14.7 Å². The standard InChI is InChI=1S/C9H16N2O3/c1-2-7-6-11(9(14)10-7)5-3-4-8(12)13/h7H,2-6H2,1H3,(H,10,14)(H,12,13). The Morgan fingerprint density at radius 3 is 2.93 bits per heavy atom. The molecule has 2 N–H and O–H groups in total. The number of amides is 2. The van der Waals surface area contributed by atoms with Gasteiger partial charge in [0, 0.05) is 25.6 Å². The molecule has 1 unspecified atom stereocenters. The number of carboxylic acid groups (broad SMARTS) is 1. The summed E-state index contributed by atoms with van der Waals surface area (Å²) in [6.45, 7) is 3.26. The SMILES string of the molecule is CCC1CN(CCCC(=O)O)C(=O)N1. The van der Waals surface area contributed by atoms with Crippen LogP contribution in [0.5, 0.6) is 0 Å². The second-order valence-electron chi connectivity index (χ2n) is 3.50. The van der Waals surface area contributed by atoms with E-state index in [0.29, 0.717) is 19.5 Å². The quantitative estimate of drug-likeness (QED) is 0.684. The Kier molecular flexibility index (Phi) is 3.73. The van der Waals surface area contributed by atoms with E-state index in [0.717, 1.165) is 6.42 Å². The molecule has 0 bridgehead atoms. The monoisotopic (exact) mass is 200 g/mol. The molecule has 1 saturated heterocycles. The predicted molar refractivity (Wildman–Crippen MR) is 51.1 cm³/mol. The van der Waals surface area contributed by atoms with Gasteiger partial charge in [-0.3, -0.25) is 4.79 Å². The molecule has 0 spiro atoms. The summed E-state index contributed by atoms with van der Waals surface area (Å²) in [6, 6.07) is 0.162. The van der Waals surface area contributed by atoms with Gasteiger partial charge in [0.15, 0.2) is 0 Å². The average molecular weight is 200 g/mol. The first-order valence-electron chi connectivity index (χ1n) is 4.90. The maximum atomic E-state index is 11.3. The van der Waals surface area contributed by atoms with E-state index >= 15 is 0 Å². The van der Waals surface area contributed by atoms with Crippen molar-refractivity contribution in [2.24, 2.45) is 0 Å². The summed E-state index contributed by atoms with van der Waals surface area (Å²) in [6.07, 6.45) is 1.57. The Balaban J connectivity index is 2.25. The summed E-state index contributed by atoms with van der Waals surface area (Å²) in [7, 11) is 0. The van der Waals surface area contributed by atoms with Gasteiger partial charge in [-0.05, 0) is 12.8 Å². The molecule has 0 aromatic rings. The lowest BCUT2D eigenvalue weighted by Crippen LogP contribution is -2.29. The smallest absolute Gasteiger partial charge is 0.317 e. The topological polar surface area (TPSA) is 69.6 Å². The Bertz CT molecular complexity index is 230. The normalized spacial score (nSPS) is 21.1. The van der Waals surface area contributed by atoms with Gasteiger partial charge in [-0.25, -0.2) is 4.79 Å². The first-order valence-corrected chi connectivity index (χ1v) is 4.90. The number of hydrogen-bond donors (Lipinski definition) is 2. The molecular formula is C9H16N2O3. The van der Waals surface area contributed by atoms with Gasteiger partial charge < -0.3 is 15.3 Å². The van der Waals surface area contributed by atoms with Gasteiger partial charge >= 0.3 is 12.0 Å². The molecule has 0 aromatic heterocycles. The lowest BCUT2D eigenvalue weighted by Gasteiger charge is -2.13. The molecule has 0 saturated carbocycles. The number of carbonyl (C=O) groups excluding carboxylic acids is 1. The molecule has 0 radical (unpaired) electrons. The fraction of sp³-hybridized carbons (Fsp3) is 0.778. The van der Waals surface area contributed by atoms with Crippen LogP contribution in [0.15, 0.2) is 0 Å². The molecule has 5 heteroatoms. The van der Waals surface area contributed by atoms with Gasteiger partial charge in [-0.15, -0.1) is 0 Å². The van der Waals surface area contributed by atoms with Crippen molar-refractivity contribution in [2.45, 2.75) is 32.2 Å². The molecule has 0 aromatic carbocycles. The maximum absolute atomic E-state index is 11.3. The molecule has 1 fully saturated rings. The van der Waals surface area contributed by atoms with E-state index in [2.05, 4.69) is 5.32 Å². The van der Waals surface area contributed by atoms with E-state index in [9.17, 15) is 9.59 Å². The van der Waals surface area contributed by atoms with E-state index < -0.39 is 5.97 Å². The molecule has 0 aliphatic carbocycles. The highest BCUT2D eigenvalue weighted by atomic mass is 16.4. The fourth-order valence-corrected chi connectivity index (χ4v) is 1.51. The number of rotatable bonds is 5. The number of hydrogen-bond acceptors (Lipinski definition) is 2. The third-order valence-corrected chi connectivity index (χ3v) is 2.37. The first-order chi connectivity index (χ1) is 6.63. The number of aliphatic carboxylic acids is 1. The van der Waals surface area contributed by atoms with Gasteiger partial charge in [0.25, 0.3) is 0 Å². The van der Waals surface area contributed by atoms with E-state index in [1.807, 2.05) is 6.92 Å². The van der Waals surface area contributed by atoms with E-state index in [4.69, 9.17) is 5.11 Å². The van der Waals surface area contributed by atoms with Crippen molar-refractivity contribution >= 4 is 12.0 Å². The highest BCUT2D eigenvalue weighted by Crippen LogP contribution is 2.07. The first kappa shape index (κ1) is 10.8. The van der Waals surface area contributed by atoms with Crippen LogP contribution in [-0.4, -0.2) is 41.1 Å².